The number of carbonyl (C=O) groups excluding carboxylic acids is 2. The van der Waals surface area contributed by atoms with E-state index < -0.39 is 5.60 Å². The summed E-state index contributed by atoms with van der Waals surface area (Å²) in [5.41, 5.74) is 2.77. The second-order valence-corrected chi connectivity index (χ2v) is 8.28. The maximum Gasteiger partial charge on any atom is 0.306 e. The van der Waals surface area contributed by atoms with E-state index in [0.29, 0.717) is 35.8 Å². The SMILES string of the molecule is CCCCC(=O)OC1(COc2c(-c3ccc4c(c3)CNC4=O)ccc(OC)c2OC)CC1. The number of benzene rings is 2. The average molecular weight is 440 g/mol. The van der Waals surface area contributed by atoms with E-state index in [2.05, 4.69) is 5.32 Å². The largest absolute Gasteiger partial charge is 0.493 e. The summed E-state index contributed by atoms with van der Waals surface area (Å²) in [6.45, 7) is 2.79. The normalized spacial score (nSPS) is 15.5. The van der Waals surface area contributed by atoms with Crippen LogP contribution in [0.25, 0.3) is 11.1 Å². The number of hydrogen-bond donors (Lipinski definition) is 1. The van der Waals surface area contributed by atoms with Crippen molar-refractivity contribution >= 4 is 11.9 Å². The molecule has 0 bridgehead atoms. The van der Waals surface area contributed by atoms with Crippen LogP contribution in [0.3, 0.4) is 0 Å². The van der Waals surface area contributed by atoms with E-state index in [1.807, 2.05) is 37.3 Å². The molecule has 1 aliphatic carbocycles. The first-order chi connectivity index (χ1) is 15.5. The molecule has 7 nitrogen and oxygen atoms in total. The summed E-state index contributed by atoms with van der Waals surface area (Å²) < 4.78 is 23.1. The van der Waals surface area contributed by atoms with Crippen molar-refractivity contribution in [2.45, 2.75) is 51.2 Å². The minimum atomic E-state index is -0.579. The van der Waals surface area contributed by atoms with Gasteiger partial charge in [0.15, 0.2) is 11.5 Å². The van der Waals surface area contributed by atoms with E-state index in [1.165, 1.54) is 0 Å². The Kier molecular flexibility index (Phi) is 6.26. The summed E-state index contributed by atoms with van der Waals surface area (Å²) in [6.07, 6.45) is 3.75. The Morgan fingerprint density at radius 3 is 2.53 bits per heavy atom. The van der Waals surface area contributed by atoms with Crippen LogP contribution in [0.2, 0.25) is 0 Å². The first kappa shape index (κ1) is 22.0. The lowest BCUT2D eigenvalue weighted by Crippen LogP contribution is -2.27. The van der Waals surface area contributed by atoms with Crippen LogP contribution in [-0.4, -0.2) is 38.3 Å². The fourth-order valence-electron chi connectivity index (χ4n) is 3.90. The van der Waals surface area contributed by atoms with Crippen LogP contribution < -0.4 is 19.5 Å². The number of amides is 1. The molecule has 1 amide bonds. The molecular weight excluding hydrogens is 410 g/mol. The zero-order valence-electron chi connectivity index (χ0n) is 18.8. The Morgan fingerprint density at radius 2 is 1.84 bits per heavy atom. The molecule has 4 rings (SSSR count). The van der Waals surface area contributed by atoms with Crippen molar-refractivity contribution in [2.24, 2.45) is 0 Å². The third kappa shape index (κ3) is 4.38. The molecule has 2 aromatic carbocycles. The van der Waals surface area contributed by atoms with E-state index in [-0.39, 0.29) is 18.5 Å². The number of fused-ring (bicyclic) bond motifs is 1. The predicted molar refractivity (Wildman–Crippen MR) is 119 cm³/mol. The smallest absolute Gasteiger partial charge is 0.306 e. The van der Waals surface area contributed by atoms with E-state index in [9.17, 15) is 9.59 Å². The Morgan fingerprint density at radius 1 is 1.06 bits per heavy atom. The van der Waals surface area contributed by atoms with Gasteiger partial charge < -0.3 is 24.3 Å². The summed E-state index contributed by atoms with van der Waals surface area (Å²) in [7, 11) is 3.14. The molecule has 0 radical (unpaired) electrons. The van der Waals surface area contributed by atoms with Gasteiger partial charge in [-0.1, -0.05) is 19.4 Å². The second kappa shape index (κ2) is 9.10. The number of ether oxygens (including phenoxy) is 4. The first-order valence-corrected chi connectivity index (χ1v) is 11.0. The monoisotopic (exact) mass is 439 g/mol. The minimum absolute atomic E-state index is 0.0594. The molecule has 32 heavy (non-hydrogen) atoms. The first-order valence-electron chi connectivity index (χ1n) is 11.0. The molecule has 1 saturated carbocycles. The van der Waals surface area contributed by atoms with E-state index in [0.717, 1.165) is 42.4 Å². The summed E-state index contributed by atoms with van der Waals surface area (Å²) in [5.74, 6) is 1.32. The van der Waals surface area contributed by atoms with Crippen molar-refractivity contribution in [3.63, 3.8) is 0 Å². The molecule has 0 atom stereocenters. The van der Waals surface area contributed by atoms with Gasteiger partial charge in [0.2, 0.25) is 5.75 Å². The van der Waals surface area contributed by atoms with Crippen LogP contribution in [0, 0.1) is 0 Å². The Hall–Kier alpha value is -3.22. The van der Waals surface area contributed by atoms with Crippen molar-refractivity contribution in [3.8, 4) is 28.4 Å². The molecule has 1 aliphatic heterocycles. The van der Waals surface area contributed by atoms with Gasteiger partial charge in [-0.25, -0.2) is 0 Å². The van der Waals surface area contributed by atoms with Gasteiger partial charge in [0, 0.05) is 24.1 Å². The van der Waals surface area contributed by atoms with Gasteiger partial charge in [0.05, 0.1) is 14.2 Å². The molecule has 1 heterocycles. The van der Waals surface area contributed by atoms with Crippen LogP contribution >= 0.6 is 0 Å². The Balaban J connectivity index is 1.62. The third-order valence-corrected chi connectivity index (χ3v) is 5.95. The fraction of sp³-hybridized carbons (Fsp3) is 0.440. The van der Waals surface area contributed by atoms with Gasteiger partial charge in [-0.15, -0.1) is 0 Å². The maximum atomic E-state index is 12.2. The maximum absolute atomic E-state index is 12.2. The lowest BCUT2D eigenvalue weighted by molar-refractivity contribution is -0.153. The Labute approximate surface area is 188 Å². The third-order valence-electron chi connectivity index (χ3n) is 5.95. The predicted octanol–water partition coefficient (Wildman–Crippen LogP) is 4.26. The molecular formula is C25H29NO6. The average Bonchev–Trinajstić information content (AvgIpc) is 3.47. The van der Waals surface area contributed by atoms with Crippen molar-refractivity contribution in [3.05, 3.63) is 41.5 Å². The van der Waals surface area contributed by atoms with Gasteiger partial charge in [-0.2, -0.15) is 0 Å². The summed E-state index contributed by atoms with van der Waals surface area (Å²) in [4.78, 5) is 24.1. The van der Waals surface area contributed by atoms with E-state index >= 15 is 0 Å². The van der Waals surface area contributed by atoms with Crippen LogP contribution in [0.15, 0.2) is 30.3 Å². The quantitative estimate of drug-likeness (QED) is 0.557. The summed E-state index contributed by atoms with van der Waals surface area (Å²) in [5, 5.41) is 2.84. The van der Waals surface area contributed by atoms with Gasteiger partial charge in [-0.3, -0.25) is 9.59 Å². The van der Waals surface area contributed by atoms with Crippen LogP contribution in [0.5, 0.6) is 17.2 Å². The number of methoxy groups -OCH3 is 2. The highest BCUT2D eigenvalue weighted by Crippen LogP contribution is 2.47. The van der Waals surface area contributed by atoms with Crippen molar-refractivity contribution in [1.29, 1.82) is 0 Å². The fourth-order valence-corrected chi connectivity index (χ4v) is 3.90. The highest BCUT2D eigenvalue weighted by atomic mass is 16.6. The van der Waals surface area contributed by atoms with E-state index in [1.54, 1.807) is 14.2 Å². The lowest BCUT2D eigenvalue weighted by Gasteiger charge is -2.22. The molecule has 0 saturated heterocycles. The number of unbranched alkanes of at least 4 members (excludes halogenated alkanes) is 1. The molecule has 2 aliphatic rings. The van der Waals surface area contributed by atoms with Crippen LogP contribution in [0.1, 0.15) is 54.9 Å². The molecule has 0 aromatic heterocycles. The number of carbonyl (C=O) groups is 2. The minimum Gasteiger partial charge on any atom is -0.493 e. The number of rotatable bonds is 10. The highest BCUT2D eigenvalue weighted by molar-refractivity contribution is 5.99. The van der Waals surface area contributed by atoms with Gasteiger partial charge in [0.1, 0.15) is 12.2 Å². The zero-order valence-corrected chi connectivity index (χ0v) is 18.8. The molecule has 0 spiro atoms. The van der Waals surface area contributed by atoms with Crippen LogP contribution in [-0.2, 0) is 16.1 Å². The zero-order chi connectivity index (χ0) is 22.7. The molecule has 1 fully saturated rings. The molecule has 170 valence electrons. The van der Waals surface area contributed by atoms with Crippen LogP contribution in [0.4, 0.5) is 0 Å². The molecule has 7 heteroatoms. The number of hydrogen-bond acceptors (Lipinski definition) is 6. The van der Waals surface area contributed by atoms with Crippen molar-refractivity contribution in [1.82, 2.24) is 5.32 Å². The van der Waals surface area contributed by atoms with Gasteiger partial charge in [0.25, 0.3) is 5.91 Å². The summed E-state index contributed by atoms with van der Waals surface area (Å²) in [6, 6.07) is 9.45. The Bertz CT molecular complexity index is 1030. The van der Waals surface area contributed by atoms with E-state index in [4.69, 9.17) is 18.9 Å². The summed E-state index contributed by atoms with van der Waals surface area (Å²) >= 11 is 0. The van der Waals surface area contributed by atoms with Crippen molar-refractivity contribution < 1.29 is 28.5 Å². The number of esters is 1. The molecule has 0 unspecified atom stereocenters. The standard InChI is InChI=1S/C25H29NO6/c1-4-5-6-21(27)32-25(11-12-25)15-31-22-18(9-10-20(29-2)23(22)30-3)16-7-8-19-17(13-16)14-26-24(19)28/h7-10,13H,4-6,11-12,14-15H2,1-3H3,(H,26,28). The lowest BCUT2D eigenvalue weighted by atomic mass is 9.99. The number of nitrogens with one attached hydrogen (secondary N) is 1. The van der Waals surface area contributed by atoms with Crippen molar-refractivity contribution in [2.75, 3.05) is 20.8 Å². The second-order valence-electron chi connectivity index (χ2n) is 8.28. The molecule has 2 aromatic rings. The van der Waals surface area contributed by atoms with Gasteiger partial charge in [-0.05, 0) is 54.7 Å². The highest BCUT2D eigenvalue weighted by Gasteiger charge is 2.48. The van der Waals surface area contributed by atoms with Gasteiger partial charge >= 0.3 is 5.97 Å². The molecule has 1 N–H and O–H groups in total. The topological polar surface area (TPSA) is 83.1 Å².